The summed E-state index contributed by atoms with van der Waals surface area (Å²) in [4.78, 5) is 0. The fourth-order valence-electron chi connectivity index (χ4n) is 3.95. The zero-order chi connectivity index (χ0) is 14.1. The van der Waals surface area contributed by atoms with E-state index >= 15 is 0 Å². The molecule has 0 radical (unpaired) electrons. The minimum atomic E-state index is 0.496. The van der Waals surface area contributed by atoms with Crippen LogP contribution in [0.2, 0.25) is 0 Å². The summed E-state index contributed by atoms with van der Waals surface area (Å²) in [6, 6.07) is 7.43. The fraction of sp³-hybridized carbons (Fsp3) is 0.667. The Hall–Kier alpha value is -0.860. The molecule has 1 heterocycles. The summed E-state index contributed by atoms with van der Waals surface area (Å²) in [5.74, 6) is 2.51. The van der Waals surface area contributed by atoms with E-state index in [9.17, 15) is 0 Å². The van der Waals surface area contributed by atoms with Crippen LogP contribution < -0.4 is 5.32 Å². The molecule has 0 saturated heterocycles. The van der Waals surface area contributed by atoms with E-state index in [0.29, 0.717) is 6.04 Å². The van der Waals surface area contributed by atoms with Gasteiger partial charge in [-0.25, -0.2) is 0 Å². The number of hydrogen-bond acceptors (Lipinski definition) is 2. The van der Waals surface area contributed by atoms with Crippen molar-refractivity contribution < 1.29 is 4.74 Å². The van der Waals surface area contributed by atoms with Crippen LogP contribution in [-0.4, -0.2) is 7.05 Å². The molecule has 1 aromatic carbocycles. The Morgan fingerprint density at radius 3 is 2.65 bits per heavy atom. The van der Waals surface area contributed by atoms with Gasteiger partial charge in [-0.05, 0) is 54.3 Å². The lowest BCUT2D eigenvalue weighted by Gasteiger charge is -2.37. The molecule has 20 heavy (non-hydrogen) atoms. The van der Waals surface area contributed by atoms with Gasteiger partial charge in [-0.15, -0.1) is 0 Å². The SMILES string of the molecule is CNC(c1ccc2c(c1)COC2)C1CCC(C)C(C)C1. The molecule has 1 aromatic rings. The van der Waals surface area contributed by atoms with Crippen molar-refractivity contribution in [3.8, 4) is 0 Å². The number of fused-ring (bicyclic) bond motifs is 1. The summed E-state index contributed by atoms with van der Waals surface area (Å²) in [5.41, 5.74) is 4.21. The van der Waals surface area contributed by atoms with Crippen molar-refractivity contribution in [2.24, 2.45) is 17.8 Å². The van der Waals surface area contributed by atoms with Gasteiger partial charge in [0, 0.05) is 6.04 Å². The molecule has 0 aromatic heterocycles. The van der Waals surface area contributed by atoms with Crippen LogP contribution in [0.15, 0.2) is 18.2 Å². The standard InChI is InChI=1S/C18H27NO/c1-12-4-5-14(8-13(12)2)18(19-3)15-6-7-16-10-20-11-17(16)9-15/h6-7,9,12-14,18-19H,4-5,8,10-11H2,1-3H3. The maximum absolute atomic E-state index is 5.54. The molecular formula is C18H27NO. The average molecular weight is 273 g/mol. The average Bonchev–Trinajstić information content (AvgIpc) is 2.91. The summed E-state index contributed by atoms with van der Waals surface area (Å²) < 4.78 is 5.54. The first-order valence-electron chi connectivity index (χ1n) is 8.05. The molecule has 0 spiro atoms. The molecule has 1 aliphatic heterocycles. The molecule has 1 fully saturated rings. The lowest BCUT2D eigenvalue weighted by Crippen LogP contribution is -2.31. The topological polar surface area (TPSA) is 21.3 Å². The van der Waals surface area contributed by atoms with Crippen molar-refractivity contribution >= 4 is 0 Å². The maximum Gasteiger partial charge on any atom is 0.0725 e. The number of rotatable bonds is 3. The predicted octanol–water partition coefficient (Wildman–Crippen LogP) is 4.05. The molecule has 4 unspecified atom stereocenters. The van der Waals surface area contributed by atoms with Crippen molar-refractivity contribution in [3.05, 3.63) is 34.9 Å². The number of benzene rings is 1. The highest BCUT2D eigenvalue weighted by Gasteiger charge is 2.30. The second-order valence-corrected chi connectivity index (χ2v) is 6.81. The Morgan fingerprint density at radius 1 is 1.10 bits per heavy atom. The Kier molecular flexibility index (Phi) is 4.13. The number of hydrogen-bond donors (Lipinski definition) is 1. The van der Waals surface area contributed by atoms with Gasteiger partial charge in [0.1, 0.15) is 0 Å². The van der Waals surface area contributed by atoms with E-state index < -0.39 is 0 Å². The summed E-state index contributed by atoms with van der Waals surface area (Å²) >= 11 is 0. The molecule has 4 atom stereocenters. The van der Waals surface area contributed by atoms with Gasteiger partial charge in [0.15, 0.2) is 0 Å². The monoisotopic (exact) mass is 273 g/mol. The smallest absolute Gasteiger partial charge is 0.0725 e. The van der Waals surface area contributed by atoms with Gasteiger partial charge in [0.05, 0.1) is 13.2 Å². The van der Waals surface area contributed by atoms with Crippen molar-refractivity contribution in [2.75, 3.05) is 7.05 Å². The largest absolute Gasteiger partial charge is 0.372 e. The second-order valence-electron chi connectivity index (χ2n) is 6.81. The molecule has 2 heteroatoms. The summed E-state index contributed by atoms with van der Waals surface area (Å²) in [5, 5.41) is 3.57. The molecule has 110 valence electrons. The summed E-state index contributed by atoms with van der Waals surface area (Å²) in [7, 11) is 2.11. The molecule has 3 rings (SSSR count). The van der Waals surface area contributed by atoms with Gasteiger partial charge in [-0.1, -0.05) is 38.5 Å². The number of ether oxygens (including phenoxy) is 1. The molecule has 0 amide bonds. The van der Waals surface area contributed by atoms with Crippen LogP contribution in [0.5, 0.6) is 0 Å². The van der Waals surface area contributed by atoms with Gasteiger partial charge >= 0.3 is 0 Å². The first-order valence-corrected chi connectivity index (χ1v) is 8.05. The highest BCUT2D eigenvalue weighted by atomic mass is 16.5. The van der Waals surface area contributed by atoms with Gasteiger partial charge in [-0.3, -0.25) is 0 Å². The minimum Gasteiger partial charge on any atom is -0.372 e. The molecular weight excluding hydrogens is 246 g/mol. The quantitative estimate of drug-likeness (QED) is 0.897. The van der Waals surface area contributed by atoms with Crippen LogP contribution in [-0.2, 0) is 18.0 Å². The van der Waals surface area contributed by atoms with E-state index in [1.807, 2.05) is 0 Å². The van der Waals surface area contributed by atoms with E-state index in [2.05, 4.69) is 44.4 Å². The molecule has 2 nitrogen and oxygen atoms in total. The molecule has 0 bridgehead atoms. The van der Waals surface area contributed by atoms with Gasteiger partial charge in [-0.2, -0.15) is 0 Å². The maximum atomic E-state index is 5.54. The van der Waals surface area contributed by atoms with Gasteiger partial charge in [0.2, 0.25) is 0 Å². The van der Waals surface area contributed by atoms with E-state index in [1.165, 1.54) is 36.0 Å². The van der Waals surface area contributed by atoms with Crippen molar-refractivity contribution in [1.29, 1.82) is 0 Å². The van der Waals surface area contributed by atoms with Crippen molar-refractivity contribution in [2.45, 2.75) is 52.4 Å². The highest BCUT2D eigenvalue weighted by molar-refractivity contribution is 5.35. The van der Waals surface area contributed by atoms with Crippen LogP contribution in [0, 0.1) is 17.8 Å². The van der Waals surface area contributed by atoms with E-state index in [-0.39, 0.29) is 0 Å². The van der Waals surface area contributed by atoms with Crippen molar-refractivity contribution in [1.82, 2.24) is 5.32 Å². The summed E-state index contributed by atoms with van der Waals surface area (Å²) in [6.07, 6.45) is 4.07. The van der Waals surface area contributed by atoms with E-state index in [1.54, 1.807) is 0 Å². The van der Waals surface area contributed by atoms with Gasteiger partial charge < -0.3 is 10.1 Å². The Labute approximate surface area is 122 Å². The molecule has 1 saturated carbocycles. The zero-order valence-corrected chi connectivity index (χ0v) is 13.0. The zero-order valence-electron chi connectivity index (χ0n) is 13.0. The molecule has 1 aliphatic carbocycles. The number of nitrogens with one attached hydrogen (secondary N) is 1. The van der Waals surface area contributed by atoms with Crippen LogP contribution >= 0.6 is 0 Å². The molecule has 2 aliphatic rings. The Bertz CT molecular complexity index is 470. The van der Waals surface area contributed by atoms with Crippen LogP contribution in [0.25, 0.3) is 0 Å². The predicted molar refractivity (Wildman–Crippen MR) is 82.4 cm³/mol. The van der Waals surface area contributed by atoms with Crippen molar-refractivity contribution in [3.63, 3.8) is 0 Å². The molecule has 1 N–H and O–H groups in total. The normalized spacial score (nSPS) is 31.1. The minimum absolute atomic E-state index is 0.496. The van der Waals surface area contributed by atoms with Crippen LogP contribution in [0.4, 0.5) is 0 Å². The van der Waals surface area contributed by atoms with Gasteiger partial charge in [0.25, 0.3) is 0 Å². The third-order valence-electron chi connectivity index (χ3n) is 5.53. The summed E-state index contributed by atoms with van der Waals surface area (Å²) in [6.45, 7) is 6.40. The first kappa shape index (κ1) is 14.1. The lowest BCUT2D eigenvalue weighted by atomic mass is 9.72. The van der Waals surface area contributed by atoms with Crippen LogP contribution in [0.1, 0.15) is 55.8 Å². The lowest BCUT2D eigenvalue weighted by molar-refractivity contribution is 0.134. The first-order chi connectivity index (χ1) is 9.69. The van der Waals surface area contributed by atoms with E-state index in [4.69, 9.17) is 4.74 Å². The third kappa shape index (κ3) is 2.64. The highest BCUT2D eigenvalue weighted by Crippen LogP contribution is 2.40. The Morgan fingerprint density at radius 2 is 1.90 bits per heavy atom. The third-order valence-corrected chi connectivity index (χ3v) is 5.53. The second kappa shape index (κ2) is 5.87. The Balaban J connectivity index is 1.79. The van der Waals surface area contributed by atoms with Crippen LogP contribution in [0.3, 0.4) is 0 Å². The van der Waals surface area contributed by atoms with E-state index in [0.717, 1.165) is 31.0 Å². The fourth-order valence-corrected chi connectivity index (χ4v) is 3.95.